The second-order valence-electron chi connectivity index (χ2n) is 4.55. The van der Waals surface area contributed by atoms with Gasteiger partial charge in [-0.1, -0.05) is 12.1 Å². The fraction of sp³-hybridized carbons (Fsp3) is 0.385. The van der Waals surface area contributed by atoms with E-state index in [2.05, 4.69) is 28.6 Å². The van der Waals surface area contributed by atoms with Crippen molar-refractivity contribution >= 4 is 5.69 Å². The lowest BCUT2D eigenvalue weighted by molar-refractivity contribution is 0.587. The van der Waals surface area contributed by atoms with E-state index in [1.807, 2.05) is 32.0 Å². The number of rotatable bonds is 2. The number of aryl methyl sites for hydroxylation is 1. The SMILES string of the molecule is Cc1c(N)cccc1-c1nnc(C)n1C(C)C. The summed E-state index contributed by atoms with van der Waals surface area (Å²) in [5.74, 6) is 1.82. The van der Waals surface area contributed by atoms with Crippen LogP contribution in [0.3, 0.4) is 0 Å². The van der Waals surface area contributed by atoms with Crippen molar-refractivity contribution in [1.29, 1.82) is 0 Å². The number of nitrogen functional groups attached to an aromatic ring is 1. The van der Waals surface area contributed by atoms with Crippen molar-refractivity contribution < 1.29 is 0 Å². The monoisotopic (exact) mass is 230 g/mol. The van der Waals surface area contributed by atoms with Crippen LogP contribution in [-0.4, -0.2) is 14.8 Å². The van der Waals surface area contributed by atoms with Crippen molar-refractivity contribution in [3.63, 3.8) is 0 Å². The van der Waals surface area contributed by atoms with Gasteiger partial charge in [-0.05, 0) is 39.3 Å². The molecule has 90 valence electrons. The van der Waals surface area contributed by atoms with Crippen LogP contribution >= 0.6 is 0 Å². The summed E-state index contributed by atoms with van der Waals surface area (Å²) in [4.78, 5) is 0. The van der Waals surface area contributed by atoms with Gasteiger partial charge in [-0.25, -0.2) is 0 Å². The summed E-state index contributed by atoms with van der Waals surface area (Å²) in [6.07, 6.45) is 0. The summed E-state index contributed by atoms with van der Waals surface area (Å²) < 4.78 is 2.13. The van der Waals surface area contributed by atoms with Crippen LogP contribution in [0.4, 0.5) is 5.69 Å². The normalized spacial score (nSPS) is 11.1. The molecule has 0 atom stereocenters. The molecular weight excluding hydrogens is 212 g/mol. The zero-order valence-electron chi connectivity index (χ0n) is 10.7. The Morgan fingerprint density at radius 3 is 2.53 bits per heavy atom. The molecule has 1 aromatic carbocycles. The summed E-state index contributed by atoms with van der Waals surface area (Å²) >= 11 is 0. The van der Waals surface area contributed by atoms with Gasteiger partial charge in [-0.3, -0.25) is 0 Å². The maximum atomic E-state index is 5.93. The highest BCUT2D eigenvalue weighted by Crippen LogP contribution is 2.27. The van der Waals surface area contributed by atoms with Crippen LogP contribution < -0.4 is 5.73 Å². The van der Waals surface area contributed by atoms with E-state index < -0.39 is 0 Å². The van der Waals surface area contributed by atoms with Crippen molar-refractivity contribution in [3.8, 4) is 11.4 Å². The third kappa shape index (κ3) is 1.90. The van der Waals surface area contributed by atoms with Gasteiger partial charge < -0.3 is 10.3 Å². The molecule has 2 N–H and O–H groups in total. The van der Waals surface area contributed by atoms with Crippen molar-refractivity contribution in [1.82, 2.24) is 14.8 Å². The minimum Gasteiger partial charge on any atom is -0.398 e. The molecule has 2 aromatic rings. The number of hydrogen-bond donors (Lipinski definition) is 1. The average molecular weight is 230 g/mol. The van der Waals surface area contributed by atoms with E-state index >= 15 is 0 Å². The third-order valence-corrected chi connectivity index (χ3v) is 3.00. The lowest BCUT2D eigenvalue weighted by Gasteiger charge is -2.14. The van der Waals surface area contributed by atoms with Gasteiger partial charge in [0.1, 0.15) is 5.82 Å². The largest absolute Gasteiger partial charge is 0.398 e. The molecule has 0 fully saturated rings. The molecule has 4 heteroatoms. The number of aromatic nitrogens is 3. The van der Waals surface area contributed by atoms with Crippen LogP contribution in [0.2, 0.25) is 0 Å². The maximum Gasteiger partial charge on any atom is 0.164 e. The van der Waals surface area contributed by atoms with E-state index in [0.29, 0.717) is 6.04 Å². The first-order valence-corrected chi connectivity index (χ1v) is 5.79. The highest BCUT2D eigenvalue weighted by atomic mass is 15.3. The predicted molar refractivity (Wildman–Crippen MR) is 69.7 cm³/mol. The summed E-state index contributed by atoms with van der Waals surface area (Å²) in [7, 11) is 0. The zero-order valence-corrected chi connectivity index (χ0v) is 10.7. The van der Waals surface area contributed by atoms with Crippen LogP contribution in [0, 0.1) is 13.8 Å². The van der Waals surface area contributed by atoms with Gasteiger partial charge >= 0.3 is 0 Å². The van der Waals surface area contributed by atoms with Crippen LogP contribution in [0.25, 0.3) is 11.4 Å². The minimum atomic E-state index is 0.334. The molecule has 0 radical (unpaired) electrons. The predicted octanol–water partition coefficient (Wildman–Crippen LogP) is 2.73. The molecule has 4 nitrogen and oxygen atoms in total. The fourth-order valence-corrected chi connectivity index (χ4v) is 2.07. The minimum absolute atomic E-state index is 0.334. The Morgan fingerprint density at radius 2 is 1.88 bits per heavy atom. The van der Waals surface area contributed by atoms with Gasteiger partial charge in [0.15, 0.2) is 5.82 Å². The summed E-state index contributed by atoms with van der Waals surface area (Å²) in [6.45, 7) is 8.24. The maximum absolute atomic E-state index is 5.93. The first kappa shape index (κ1) is 11.6. The summed E-state index contributed by atoms with van der Waals surface area (Å²) in [6, 6.07) is 6.23. The molecule has 0 aliphatic heterocycles. The number of hydrogen-bond acceptors (Lipinski definition) is 3. The van der Waals surface area contributed by atoms with Gasteiger partial charge in [-0.2, -0.15) is 0 Å². The van der Waals surface area contributed by atoms with E-state index in [9.17, 15) is 0 Å². The van der Waals surface area contributed by atoms with Gasteiger partial charge in [-0.15, -0.1) is 10.2 Å². The smallest absolute Gasteiger partial charge is 0.164 e. The van der Waals surface area contributed by atoms with Crippen molar-refractivity contribution in [3.05, 3.63) is 29.6 Å². The second kappa shape index (κ2) is 4.20. The van der Waals surface area contributed by atoms with Gasteiger partial charge in [0, 0.05) is 17.3 Å². The summed E-state index contributed by atoms with van der Waals surface area (Å²) in [5.41, 5.74) is 8.84. The average Bonchev–Trinajstić information content (AvgIpc) is 2.64. The van der Waals surface area contributed by atoms with E-state index in [4.69, 9.17) is 5.73 Å². The molecule has 0 unspecified atom stereocenters. The Balaban J connectivity index is 2.65. The molecule has 0 spiro atoms. The molecule has 2 rings (SSSR count). The molecule has 0 saturated carbocycles. The van der Waals surface area contributed by atoms with Crippen molar-refractivity contribution in [2.75, 3.05) is 5.73 Å². The van der Waals surface area contributed by atoms with Crippen molar-refractivity contribution in [2.24, 2.45) is 0 Å². The quantitative estimate of drug-likeness (QED) is 0.807. The molecular formula is C13H18N4. The molecule has 1 aromatic heterocycles. The van der Waals surface area contributed by atoms with Gasteiger partial charge in [0.25, 0.3) is 0 Å². The lowest BCUT2D eigenvalue weighted by atomic mass is 10.1. The zero-order chi connectivity index (χ0) is 12.6. The van der Waals surface area contributed by atoms with E-state index in [1.165, 1.54) is 0 Å². The Hall–Kier alpha value is -1.84. The molecule has 0 bridgehead atoms. The Bertz CT molecular complexity index is 540. The number of anilines is 1. The number of benzene rings is 1. The third-order valence-electron chi connectivity index (χ3n) is 3.00. The lowest BCUT2D eigenvalue weighted by Crippen LogP contribution is -2.06. The molecule has 0 aliphatic carbocycles. The Labute approximate surface area is 101 Å². The standard InChI is InChI=1S/C13H18N4/c1-8(2)17-10(4)15-16-13(17)11-6-5-7-12(14)9(11)3/h5-8H,14H2,1-4H3. The second-order valence-corrected chi connectivity index (χ2v) is 4.55. The van der Waals surface area contributed by atoms with E-state index in [0.717, 1.165) is 28.5 Å². The first-order chi connectivity index (χ1) is 8.02. The molecule has 0 aliphatic rings. The highest BCUT2D eigenvalue weighted by molar-refractivity contribution is 5.68. The number of nitrogens with zero attached hydrogens (tertiary/aromatic N) is 3. The van der Waals surface area contributed by atoms with E-state index in [1.54, 1.807) is 0 Å². The molecule has 0 saturated heterocycles. The van der Waals surface area contributed by atoms with Gasteiger partial charge in [0.2, 0.25) is 0 Å². The topological polar surface area (TPSA) is 56.7 Å². The Kier molecular flexibility index (Phi) is 2.88. The first-order valence-electron chi connectivity index (χ1n) is 5.79. The van der Waals surface area contributed by atoms with Crippen molar-refractivity contribution in [2.45, 2.75) is 33.7 Å². The summed E-state index contributed by atoms with van der Waals surface area (Å²) in [5, 5.41) is 8.42. The Morgan fingerprint density at radius 1 is 1.18 bits per heavy atom. The number of nitrogens with two attached hydrogens (primary N) is 1. The van der Waals surface area contributed by atoms with Gasteiger partial charge in [0.05, 0.1) is 0 Å². The van der Waals surface area contributed by atoms with Crippen LogP contribution in [-0.2, 0) is 0 Å². The molecule has 1 heterocycles. The van der Waals surface area contributed by atoms with E-state index in [-0.39, 0.29) is 0 Å². The fourth-order valence-electron chi connectivity index (χ4n) is 2.07. The van der Waals surface area contributed by atoms with Crippen LogP contribution in [0.15, 0.2) is 18.2 Å². The molecule has 0 amide bonds. The highest BCUT2D eigenvalue weighted by Gasteiger charge is 2.15. The van der Waals surface area contributed by atoms with Crippen LogP contribution in [0.5, 0.6) is 0 Å². The molecule has 17 heavy (non-hydrogen) atoms. The van der Waals surface area contributed by atoms with Crippen LogP contribution in [0.1, 0.15) is 31.3 Å².